The monoisotopic (exact) mass is 305 g/mol. The summed E-state index contributed by atoms with van der Waals surface area (Å²) in [6, 6.07) is 11.5. The van der Waals surface area contributed by atoms with Gasteiger partial charge in [0, 0.05) is 6.04 Å². The maximum Gasteiger partial charge on any atom is 0.142 e. The first kappa shape index (κ1) is 16.0. The fourth-order valence-corrected chi connectivity index (χ4v) is 3.01. The number of aryl methyl sites for hydroxylation is 2. The lowest BCUT2D eigenvalue weighted by Gasteiger charge is -2.20. The van der Waals surface area contributed by atoms with Gasteiger partial charge in [-0.2, -0.15) is 0 Å². The predicted octanol–water partition coefficient (Wildman–Crippen LogP) is 4.99. The quantitative estimate of drug-likeness (QED) is 0.820. The first-order valence-electron chi connectivity index (χ1n) is 7.25. The molecule has 21 heavy (non-hydrogen) atoms. The van der Waals surface area contributed by atoms with E-state index in [0.29, 0.717) is 0 Å². The highest BCUT2D eigenvalue weighted by Crippen LogP contribution is 2.28. The molecule has 2 aromatic carbocycles. The van der Waals surface area contributed by atoms with Gasteiger partial charge in [0.1, 0.15) is 5.82 Å². The normalized spacial score (nSPS) is 12.4. The van der Waals surface area contributed by atoms with Crippen LogP contribution in [0.15, 0.2) is 36.4 Å². The number of halogens is 2. The minimum absolute atomic E-state index is 0.0133. The van der Waals surface area contributed by atoms with Gasteiger partial charge in [0.05, 0.1) is 5.02 Å². The van der Waals surface area contributed by atoms with Crippen molar-refractivity contribution in [2.75, 3.05) is 6.54 Å². The summed E-state index contributed by atoms with van der Waals surface area (Å²) >= 11 is 6.14. The van der Waals surface area contributed by atoms with Crippen LogP contribution >= 0.6 is 11.6 Å². The minimum Gasteiger partial charge on any atom is -0.310 e. The Labute approximate surface area is 131 Å². The van der Waals surface area contributed by atoms with E-state index in [1.54, 1.807) is 6.07 Å². The van der Waals surface area contributed by atoms with Crippen molar-refractivity contribution in [2.45, 2.75) is 33.2 Å². The Balaban J connectivity index is 2.32. The Morgan fingerprint density at radius 3 is 2.43 bits per heavy atom. The molecule has 1 atom stereocenters. The van der Waals surface area contributed by atoms with Gasteiger partial charge in [-0.3, -0.25) is 0 Å². The van der Waals surface area contributed by atoms with Crippen molar-refractivity contribution in [3.8, 4) is 0 Å². The summed E-state index contributed by atoms with van der Waals surface area (Å²) in [6.45, 7) is 7.03. The van der Waals surface area contributed by atoms with Crippen LogP contribution in [-0.4, -0.2) is 6.54 Å². The maximum atomic E-state index is 13.7. The van der Waals surface area contributed by atoms with Gasteiger partial charge < -0.3 is 5.32 Å². The molecule has 1 N–H and O–H groups in total. The zero-order valence-electron chi connectivity index (χ0n) is 12.7. The summed E-state index contributed by atoms with van der Waals surface area (Å²) in [4.78, 5) is 0. The number of hydrogen-bond donors (Lipinski definition) is 1. The molecule has 0 aliphatic heterocycles. The summed E-state index contributed by atoms with van der Waals surface area (Å²) in [5, 5.41) is 3.62. The molecule has 1 nitrogen and oxygen atoms in total. The summed E-state index contributed by atoms with van der Waals surface area (Å²) in [5.41, 5.74) is 4.53. The first-order valence-corrected chi connectivity index (χ1v) is 7.63. The van der Waals surface area contributed by atoms with E-state index in [1.165, 1.54) is 22.8 Å². The summed E-state index contributed by atoms with van der Waals surface area (Å²) in [5.74, 6) is -0.363. The van der Waals surface area contributed by atoms with E-state index in [9.17, 15) is 4.39 Å². The molecule has 0 fully saturated rings. The van der Waals surface area contributed by atoms with Crippen LogP contribution in [0, 0.1) is 19.7 Å². The summed E-state index contributed by atoms with van der Waals surface area (Å²) in [6.07, 6.45) is 0.791. The highest BCUT2D eigenvalue weighted by Gasteiger charge is 2.17. The Hall–Kier alpha value is -1.38. The van der Waals surface area contributed by atoms with Crippen LogP contribution in [-0.2, 0) is 6.42 Å². The molecule has 0 saturated carbocycles. The molecule has 0 saturated heterocycles. The predicted molar refractivity (Wildman–Crippen MR) is 87.4 cm³/mol. The van der Waals surface area contributed by atoms with E-state index in [1.807, 2.05) is 13.0 Å². The van der Waals surface area contributed by atoms with Crippen LogP contribution in [0.25, 0.3) is 0 Å². The van der Waals surface area contributed by atoms with Crippen molar-refractivity contribution in [2.24, 2.45) is 0 Å². The number of benzene rings is 2. The zero-order chi connectivity index (χ0) is 15.4. The highest BCUT2D eigenvalue weighted by atomic mass is 35.5. The van der Waals surface area contributed by atoms with Crippen molar-refractivity contribution >= 4 is 11.6 Å². The smallest absolute Gasteiger partial charge is 0.142 e. The van der Waals surface area contributed by atoms with Gasteiger partial charge in [-0.15, -0.1) is 0 Å². The topological polar surface area (TPSA) is 12.0 Å². The largest absolute Gasteiger partial charge is 0.310 e. The molecule has 0 radical (unpaired) electrons. The van der Waals surface area contributed by atoms with E-state index >= 15 is 0 Å². The van der Waals surface area contributed by atoms with Gasteiger partial charge in [0.25, 0.3) is 0 Å². The van der Waals surface area contributed by atoms with E-state index in [2.05, 4.69) is 37.4 Å². The van der Waals surface area contributed by atoms with Gasteiger partial charge in [0.15, 0.2) is 0 Å². The van der Waals surface area contributed by atoms with E-state index in [0.717, 1.165) is 18.5 Å². The summed E-state index contributed by atoms with van der Waals surface area (Å²) < 4.78 is 13.7. The lowest BCUT2D eigenvalue weighted by atomic mass is 9.96. The molecule has 0 bridgehead atoms. The van der Waals surface area contributed by atoms with E-state index in [4.69, 9.17) is 11.6 Å². The average molecular weight is 306 g/mol. The molecule has 112 valence electrons. The first-order chi connectivity index (χ1) is 10.0. The Kier molecular flexibility index (Phi) is 5.38. The number of rotatable bonds is 5. The fraction of sp³-hybridized carbons (Fsp3) is 0.333. The van der Waals surface area contributed by atoms with Crippen molar-refractivity contribution in [3.63, 3.8) is 0 Å². The molecular weight excluding hydrogens is 285 g/mol. The second-order valence-corrected chi connectivity index (χ2v) is 5.83. The number of nitrogens with one attached hydrogen (secondary N) is 1. The molecule has 2 rings (SSSR count). The van der Waals surface area contributed by atoms with Crippen molar-refractivity contribution in [3.05, 3.63) is 69.5 Å². The van der Waals surface area contributed by atoms with Crippen LogP contribution in [0.3, 0.4) is 0 Å². The number of hydrogen-bond acceptors (Lipinski definition) is 1. The van der Waals surface area contributed by atoms with Gasteiger partial charge in [-0.05, 0) is 44.0 Å². The van der Waals surface area contributed by atoms with Gasteiger partial charge in [0.2, 0.25) is 0 Å². The zero-order valence-corrected chi connectivity index (χ0v) is 13.5. The van der Waals surface area contributed by atoms with Crippen LogP contribution in [0.5, 0.6) is 0 Å². The van der Waals surface area contributed by atoms with Crippen molar-refractivity contribution in [1.82, 2.24) is 5.32 Å². The number of likely N-dealkylation sites (N-methyl/N-ethyl adjacent to an activating group) is 1. The lowest BCUT2D eigenvalue weighted by Crippen LogP contribution is -2.23. The maximum absolute atomic E-state index is 13.7. The molecule has 1 unspecified atom stereocenters. The fourth-order valence-electron chi connectivity index (χ4n) is 2.75. The van der Waals surface area contributed by atoms with Gasteiger partial charge >= 0.3 is 0 Å². The Bertz CT molecular complexity index is 604. The van der Waals surface area contributed by atoms with Crippen molar-refractivity contribution < 1.29 is 4.39 Å². The van der Waals surface area contributed by atoms with Crippen LogP contribution in [0.1, 0.15) is 35.2 Å². The van der Waals surface area contributed by atoms with Crippen LogP contribution in [0.2, 0.25) is 5.02 Å². The van der Waals surface area contributed by atoms with Gasteiger partial charge in [-0.1, -0.05) is 60.0 Å². The van der Waals surface area contributed by atoms with Gasteiger partial charge in [-0.25, -0.2) is 4.39 Å². The SMILES string of the molecule is CCNC(Cc1cc(C)cc(C)c1)c1cccc(F)c1Cl. The molecule has 0 aromatic heterocycles. The third-order valence-corrected chi connectivity index (χ3v) is 3.93. The summed E-state index contributed by atoms with van der Waals surface area (Å²) in [7, 11) is 0. The molecule has 0 spiro atoms. The lowest BCUT2D eigenvalue weighted by molar-refractivity contribution is 0.543. The second kappa shape index (κ2) is 7.06. The third kappa shape index (κ3) is 4.05. The van der Waals surface area contributed by atoms with Crippen molar-refractivity contribution in [1.29, 1.82) is 0 Å². The molecule has 0 amide bonds. The highest BCUT2D eigenvalue weighted by molar-refractivity contribution is 6.31. The van der Waals surface area contributed by atoms with Crippen LogP contribution < -0.4 is 5.32 Å². The van der Waals surface area contributed by atoms with E-state index < -0.39 is 0 Å². The standard InChI is InChI=1S/C18H21ClFN/c1-4-21-17(15-6-5-7-16(20)18(15)19)11-14-9-12(2)8-13(3)10-14/h5-10,17,21H,4,11H2,1-3H3. The molecule has 0 heterocycles. The van der Waals surface area contributed by atoms with E-state index in [-0.39, 0.29) is 16.9 Å². The Morgan fingerprint density at radius 1 is 1.14 bits per heavy atom. The minimum atomic E-state index is -0.363. The molecule has 3 heteroatoms. The molecule has 0 aliphatic rings. The molecule has 0 aliphatic carbocycles. The third-order valence-electron chi connectivity index (χ3n) is 3.53. The molecule has 2 aromatic rings. The van der Waals surface area contributed by atoms with Crippen LogP contribution in [0.4, 0.5) is 4.39 Å². The molecular formula is C18H21ClFN. The average Bonchev–Trinajstić information content (AvgIpc) is 2.40. The Morgan fingerprint density at radius 2 is 1.81 bits per heavy atom. The second-order valence-electron chi connectivity index (χ2n) is 5.45.